The fourth-order valence-electron chi connectivity index (χ4n) is 3.15. The van der Waals surface area contributed by atoms with E-state index >= 15 is 0 Å². The van der Waals surface area contributed by atoms with Gasteiger partial charge >= 0.3 is 0 Å². The molecule has 26 heavy (non-hydrogen) atoms. The monoisotopic (exact) mass is 398 g/mol. The molecule has 1 aliphatic heterocycles. The van der Waals surface area contributed by atoms with Crippen molar-refractivity contribution in [1.29, 1.82) is 0 Å². The van der Waals surface area contributed by atoms with Crippen molar-refractivity contribution < 1.29 is 12.9 Å². The van der Waals surface area contributed by atoms with E-state index in [1.807, 2.05) is 24.3 Å². The van der Waals surface area contributed by atoms with Crippen molar-refractivity contribution in [3.8, 4) is 0 Å². The summed E-state index contributed by atoms with van der Waals surface area (Å²) in [6.07, 6.45) is 0. The molecule has 1 fully saturated rings. The highest BCUT2D eigenvalue weighted by Crippen LogP contribution is 2.20. The zero-order valence-electron chi connectivity index (χ0n) is 14.9. The zero-order valence-corrected chi connectivity index (χ0v) is 16.5. The first-order valence-corrected chi connectivity index (χ1v) is 10.4. The predicted molar refractivity (Wildman–Crippen MR) is 101 cm³/mol. The molecule has 0 bridgehead atoms. The Kier molecular flexibility index (Phi) is 5.86. The molecule has 0 unspecified atom stereocenters. The number of halogens is 1. The topological polar surface area (TPSA) is 78.7 Å². The largest absolute Gasteiger partial charge is 0.369 e. The smallest absolute Gasteiger partial charge is 0.246 e. The van der Waals surface area contributed by atoms with Gasteiger partial charge in [-0.1, -0.05) is 16.8 Å². The summed E-state index contributed by atoms with van der Waals surface area (Å²) >= 11 is 5.93. The van der Waals surface area contributed by atoms with Crippen molar-refractivity contribution in [2.75, 3.05) is 44.2 Å². The van der Waals surface area contributed by atoms with Gasteiger partial charge in [0.25, 0.3) is 0 Å². The van der Waals surface area contributed by atoms with E-state index in [9.17, 15) is 8.42 Å². The van der Waals surface area contributed by atoms with Gasteiger partial charge in [0, 0.05) is 50.0 Å². The minimum Gasteiger partial charge on any atom is -0.369 e. The van der Waals surface area contributed by atoms with E-state index in [-0.39, 0.29) is 4.90 Å². The van der Waals surface area contributed by atoms with Crippen molar-refractivity contribution in [3.63, 3.8) is 0 Å². The van der Waals surface area contributed by atoms with Crippen LogP contribution < -0.4 is 9.62 Å². The van der Waals surface area contributed by atoms with E-state index < -0.39 is 10.0 Å². The minimum atomic E-state index is -3.59. The van der Waals surface area contributed by atoms with E-state index in [0.717, 1.165) is 36.9 Å². The highest BCUT2D eigenvalue weighted by atomic mass is 35.5. The second-order valence-electron chi connectivity index (χ2n) is 6.36. The molecular weight excluding hydrogens is 376 g/mol. The molecule has 3 rings (SSSR count). The third-order valence-corrected chi connectivity index (χ3v) is 6.48. The second kappa shape index (κ2) is 7.96. The van der Waals surface area contributed by atoms with Crippen molar-refractivity contribution in [2.24, 2.45) is 0 Å². The summed E-state index contributed by atoms with van der Waals surface area (Å²) in [6, 6.07) is 7.84. The van der Waals surface area contributed by atoms with Crippen LogP contribution in [0.1, 0.15) is 11.5 Å². The molecule has 7 nitrogen and oxygen atoms in total. The molecule has 0 amide bonds. The summed E-state index contributed by atoms with van der Waals surface area (Å²) in [5.41, 5.74) is 1.54. The quantitative estimate of drug-likeness (QED) is 0.802. The van der Waals surface area contributed by atoms with Gasteiger partial charge in [-0.05, 0) is 38.1 Å². The van der Waals surface area contributed by atoms with Crippen LogP contribution in [0.25, 0.3) is 0 Å². The first kappa shape index (κ1) is 19.2. The molecule has 9 heteroatoms. The molecule has 1 saturated heterocycles. The van der Waals surface area contributed by atoms with Gasteiger partial charge in [0.15, 0.2) is 5.76 Å². The van der Waals surface area contributed by atoms with Gasteiger partial charge in [-0.25, -0.2) is 13.1 Å². The number of anilines is 1. The number of hydrogen-bond donors (Lipinski definition) is 1. The Balaban J connectivity index is 1.47. The number of hydrogen-bond acceptors (Lipinski definition) is 6. The van der Waals surface area contributed by atoms with Crippen LogP contribution in [-0.4, -0.2) is 57.7 Å². The van der Waals surface area contributed by atoms with Crippen LogP contribution >= 0.6 is 11.6 Å². The molecule has 1 N–H and O–H groups in total. The van der Waals surface area contributed by atoms with Crippen LogP contribution in [0.5, 0.6) is 0 Å². The molecule has 1 aliphatic rings. The van der Waals surface area contributed by atoms with Crippen LogP contribution in [0, 0.1) is 13.8 Å². The summed E-state index contributed by atoms with van der Waals surface area (Å²) < 4.78 is 32.4. The molecule has 1 aromatic heterocycles. The molecule has 0 aliphatic carbocycles. The fraction of sp³-hybridized carbons (Fsp3) is 0.471. The maximum absolute atomic E-state index is 12.4. The van der Waals surface area contributed by atoms with Gasteiger partial charge in [-0.15, -0.1) is 0 Å². The Morgan fingerprint density at radius 1 is 1.15 bits per heavy atom. The van der Waals surface area contributed by atoms with Crippen molar-refractivity contribution >= 4 is 27.3 Å². The minimum absolute atomic E-state index is 0.144. The molecule has 0 saturated carbocycles. The average molecular weight is 399 g/mol. The van der Waals surface area contributed by atoms with Gasteiger partial charge in [0.1, 0.15) is 10.6 Å². The van der Waals surface area contributed by atoms with Gasteiger partial charge in [0.2, 0.25) is 10.0 Å². The van der Waals surface area contributed by atoms with Crippen LogP contribution in [0.3, 0.4) is 0 Å². The molecular formula is C17H23ClN4O3S. The lowest BCUT2D eigenvalue weighted by Crippen LogP contribution is -2.48. The van der Waals surface area contributed by atoms with E-state index in [1.165, 1.54) is 0 Å². The Labute approximate surface area is 159 Å². The lowest BCUT2D eigenvalue weighted by molar-refractivity contribution is 0.262. The van der Waals surface area contributed by atoms with Gasteiger partial charge in [-0.2, -0.15) is 0 Å². The molecule has 0 spiro atoms. The first-order chi connectivity index (χ1) is 12.4. The number of rotatable bonds is 6. The molecule has 1 aromatic carbocycles. The number of nitrogens with zero attached hydrogens (tertiary/aromatic N) is 3. The number of aromatic nitrogens is 1. The van der Waals surface area contributed by atoms with E-state index in [0.29, 0.717) is 24.5 Å². The summed E-state index contributed by atoms with van der Waals surface area (Å²) in [4.78, 5) is 4.70. The third-order valence-electron chi connectivity index (χ3n) is 4.52. The lowest BCUT2D eigenvalue weighted by Gasteiger charge is -2.36. The summed E-state index contributed by atoms with van der Waals surface area (Å²) in [7, 11) is -3.59. The van der Waals surface area contributed by atoms with Gasteiger partial charge in [-0.3, -0.25) is 4.90 Å². The summed E-state index contributed by atoms with van der Waals surface area (Å²) in [5, 5.41) is 4.44. The Bertz CT molecular complexity index is 824. The molecule has 2 heterocycles. The zero-order chi connectivity index (χ0) is 18.7. The maximum atomic E-state index is 12.4. The molecule has 142 valence electrons. The van der Waals surface area contributed by atoms with E-state index in [4.69, 9.17) is 16.1 Å². The summed E-state index contributed by atoms with van der Waals surface area (Å²) in [5.74, 6) is 0.312. The molecule has 0 radical (unpaired) electrons. The number of sulfonamides is 1. The van der Waals surface area contributed by atoms with Crippen molar-refractivity contribution in [2.45, 2.75) is 18.7 Å². The molecule has 0 atom stereocenters. The van der Waals surface area contributed by atoms with E-state index in [1.54, 1.807) is 13.8 Å². The second-order valence-corrected chi connectivity index (χ2v) is 8.50. The van der Waals surface area contributed by atoms with Crippen LogP contribution in [-0.2, 0) is 10.0 Å². The number of piperazine rings is 1. The van der Waals surface area contributed by atoms with Crippen LogP contribution in [0.2, 0.25) is 5.02 Å². The third kappa shape index (κ3) is 4.37. The lowest BCUT2D eigenvalue weighted by atomic mass is 10.2. The standard InChI is InChI=1S/C17H23ClN4O3S/c1-13-17(14(2)25-20-13)26(23,24)19-7-8-21-9-11-22(12-10-21)16-5-3-15(18)4-6-16/h3-6,19H,7-12H2,1-2H3. The van der Waals surface area contributed by atoms with Crippen LogP contribution in [0.4, 0.5) is 5.69 Å². The van der Waals surface area contributed by atoms with Crippen LogP contribution in [0.15, 0.2) is 33.7 Å². The first-order valence-electron chi connectivity index (χ1n) is 8.52. The Morgan fingerprint density at radius 3 is 2.38 bits per heavy atom. The highest BCUT2D eigenvalue weighted by Gasteiger charge is 2.24. The van der Waals surface area contributed by atoms with E-state index in [2.05, 4.69) is 19.7 Å². The van der Waals surface area contributed by atoms with Crippen molar-refractivity contribution in [3.05, 3.63) is 40.7 Å². The maximum Gasteiger partial charge on any atom is 0.246 e. The summed E-state index contributed by atoms with van der Waals surface area (Å²) in [6.45, 7) is 7.82. The number of benzene rings is 1. The normalized spacial score (nSPS) is 16.2. The fourth-order valence-corrected chi connectivity index (χ4v) is 4.62. The Hall–Kier alpha value is -1.61. The highest BCUT2D eigenvalue weighted by molar-refractivity contribution is 7.89. The number of aryl methyl sites for hydroxylation is 2. The number of nitrogens with one attached hydrogen (secondary N) is 1. The average Bonchev–Trinajstić information content (AvgIpc) is 2.95. The van der Waals surface area contributed by atoms with Gasteiger partial charge < -0.3 is 9.42 Å². The predicted octanol–water partition coefficient (Wildman–Crippen LogP) is 2.05. The van der Waals surface area contributed by atoms with Gasteiger partial charge in [0.05, 0.1) is 0 Å². The van der Waals surface area contributed by atoms with Crippen molar-refractivity contribution in [1.82, 2.24) is 14.8 Å². The molecule has 2 aromatic rings. The SMILES string of the molecule is Cc1noc(C)c1S(=O)(=O)NCCN1CCN(c2ccc(Cl)cc2)CC1. The Morgan fingerprint density at radius 2 is 1.81 bits per heavy atom.